The molecule has 0 radical (unpaired) electrons. The Morgan fingerprint density at radius 2 is 1.72 bits per heavy atom. The van der Waals surface area contributed by atoms with Gasteiger partial charge in [-0.25, -0.2) is 17.9 Å². The van der Waals surface area contributed by atoms with E-state index in [0.29, 0.717) is 5.82 Å². The molecule has 2 amide bonds. The van der Waals surface area contributed by atoms with Crippen molar-refractivity contribution in [2.75, 3.05) is 19.5 Å². The topological polar surface area (TPSA) is 158 Å². The van der Waals surface area contributed by atoms with E-state index in [4.69, 9.17) is 14.0 Å². The summed E-state index contributed by atoms with van der Waals surface area (Å²) < 4.78 is 42.3. The van der Waals surface area contributed by atoms with Crippen molar-refractivity contribution >= 4 is 22.0 Å². The molecule has 0 aliphatic carbocycles. The standard InChI is InChI=1S/C16H16N6O6S/c1-9-17-14(28-21-9)10-6-4-5-7-11(10)29(24,25)22-16(23)20-15-18-12(26-2)8-13(19-15)27-3/h4-8H,1-3H3,(H2,18,19,20,22,23). The Balaban J connectivity index is 1.84. The molecule has 29 heavy (non-hydrogen) atoms. The molecular weight excluding hydrogens is 404 g/mol. The van der Waals surface area contributed by atoms with Crippen LogP contribution in [0, 0.1) is 6.92 Å². The molecule has 0 unspecified atom stereocenters. The van der Waals surface area contributed by atoms with Gasteiger partial charge in [0.15, 0.2) is 5.82 Å². The Kier molecular flexibility index (Phi) is 5.59. The number of hydrogen-bond donors (Lipinski definition) is 2. The van der Waals surface area contributed by atoms with Gasteiger partial charge >= 0.3 is 6.03 Å². The predicted octanol–water partition coefficient (Wildman–Crippen LogP) is 1.36. The Labute approximate surface area is 165 Å². The molecule has 152 valence electrons. The zero-order valence-electron chi connectivity index (χ0n) is 15.5. The molecule has 0 aliphatic heterocycles. The van der Waals surface area contributed by atoms with Crippen LogP contribution in [0.15, 0.2) is 39.8 Å². The summed E-state index contributed by atoms with van der Waals surface area (Å²) in [5, 5.41) is 5.86. The van der Waals surface area contributed by atoms with Crippen LogP contribution in [0.25, 0.3) is 11.5 Å². The van der Waals surface area contributed by atoms with Gasteiger partial charge in [0.2, 0.25) is 17.7 Å². The molecule has 0 atom stereocenters. The number of benzene rings is 1. The predicted molar refractivity (Wildman–Crippen MR) is 98.9 cm³/mol. The van der Waals surface area contributed by atoms with Gasteiger partial charge in [0.05, 0.1) is 25.8 Å². The second kappa shape index (κ2) is 8.10. The van der Waals surface area contributed by atoms with Crippen LogP contribution in [0.1, 0.15) is 5.82 Å². The molecule has 2 N–H and O–H groups in total. The van der Waals surface area contributed by atoms with Crippen LogP contribution in [0.5, 0.6) is 11.8 Å². The number of urea groups is 1. The average Bonchev–Trinajstić information content (AvgIpc) is 3.13. The first-order valence-corrected chi connectivity index (χ1v) is 9.51. The van der Waals surface area contributed by atoms with E-state index in [-0.39, 0.29) is 34.1 Å². The number of sulfonamides is 1. The van der Waals surface area contributed by atoms with E-state index in [1.54, 1.807) is 13.0 Å². The number of nitrogens with zero attached hydrogens (tertiary/aromatic N) is 4. The number of nitrogens with one attached hydrogen (secondary N) is 2. The number of carbonyl (C=O) groups is 1. The molecule has 0 saturated heterocycles. The first-order chi connectivity index (χ1) is 13.8. The van der Waals surface area contributed by atoms with Crippen LogP contribution in [0.2, 0.25) is 0 Å². The van der Waals surface area contributed by atoms with Gasteiger partial charge in [-0.05, 0) is 19.1 Å². The highest BCUT2D eigenvalue weighted by molar-refractivity contribution is 7.90. The molecule has 0 fully saturated rings. The quantitative estimate of drug-likeness (QED) is 0.596. The summed E-state index contributed by atoms with van der Waals surface area (Å²) >= 11 is 0. The number of methoxy groups -OCH3 is 2. The van der Waals surface area contributed by atoms with Crippen molar-refractivity contribution in [3.8, 4) is 23.2 Å². The molecular formula is C16H16N6O6S. The SMILES string of the molecule is COc1cc(OC)nc(NC(=O)NS(=O)(=O)c2ccccc2-c2nc(C)no2)n1. The van der Waals surface area contributed by atoms with Gasteiger partial charge < -0.3 is 14.0 Å². The van der Waals surface area contributed by atoms with E-state index in [2.05, 4.69) is 25.4 Å². The van der Waals surface area contributed by atoms with Crippen molar-refractivity contribution in [1.29, 1.82) is 0 Å². The summed E-state index contributed by atoms with van der Waals surface area (Å²) in [5.74, 6) is 0.362. The molecule has 0 spiro atoms. The highest BCUT2D eigenvalue weighted by Gasteiger charge is 2.24. The number of anilines is 1. The minimum atomic E-state index is -4.29. The van der Waals surface area contributed by atoms with Crippen molar-refractivity contribution in [3.63, 3.8) is 0 Å². The van der Waals surface area contributed by atoms with Crippen LogP contribution >= 0.6 is 0 Å². The minimum Gasteiger partial charge on any atom is -0.481 e. The number of aryl methyl sites for hydroxylation is 1. The second-order valence-electron chi connectivity index (χ2n) is 5.48. The number of hydrogen-bond acceptors (Lipinski definition) is 10. The Morgan fingerprint density at radius 3 is 2.31 bits per heavy atom. The third kappa shape index (κ3) is 4.57. The maximum Gasteiger partial charge on any atom is 0.335 e. The van der Waals surface area contributed by atoms with E-state index < -0.39 is 16.1 Å². The summed E-state index contributed by atoms with van der Waals surface area (Å²) in [7, 11) is -1.55. The van der Waals surface area contributed by atoms with Gasteiger partial charge in [0.25, 0.3) is 15.9 Å². The van der Waals surface area contributed by atoms with Crippen LogP contribution in [0.3, 0.4) is 0 Å². The third-order valence-electron chi connectivity index (χ3n) is 3.48. The molecule has 2 aromatic heterocycles. The first kappa shape index (κ1) is 20.0. The van der Waals surface area contributed by atoms with E-state index in [9.17, 15) is 13.2 Å². The average molecular weight is 420 g/mol. The lowest BCUT2D eigenvalue weighted by molar-refractivity contribution is 0.256. The number of aromatic nitrogens is 4. The van der Waals surface area contributed by atoms with Crippen molar-refractivity contribution in [3.05, 3.63) is 36.2 Å². The highest BCUT2D eigenvalue weighted by atomic mass is 32.2. The molecule has 2 heterocycles. The molecule has 12 nitrogen and oxygen atoms in total. The van der Waals surface area contributed by atoms with Gasteiger partial charge in [-0.2, -0.15) is 15.0 Å². The highest BCUT2D eigenvalue weighted by Crippen LogP contribution is 2.25. The van der Waals surface area contributed by atoms with E-state index in [1.165, 1.54) is 38.5 Å². The Bertz CT molecular complexity index is 1120. The normalized spacial score (nSPS) is 11.0. The number of carbonyl (C=O) groups excluding carboxylic acids is 1. The fraction of sp³-hybridized carbons (Fsp3) is 0.188. The van der Waals surface area contributed by atoms with Crippen molar-refractivity contribution in [2.45, 2.75) is 11.8 Å². The van der Waals surface area contributed by atoms with Gasteiger partial charge in [0, 0.05) is 0 Å². The van der Waals surface area contributed by atoms with Gasteiger partial charge in [0.1, 0.15) is 4.90 Å². The number of amides is 2. The summed E-state index contributed by atoms with van der Waals surface area (Å²) in [5.41, 5.74) is 0.146. The first-order valence-electron chi connectivity index (χ1n) is 8.03. The van der Waals surface area contributed by atoms with Gasteiger partial charge in [-0.1, -0.05) is 17.3 Å². The van der Waals surface area contributed by atoms with Crippen molar-refractivity contribution < 1.29 is 27.2 Å². The van der Waals surface area contributed by atoms with Gasteiger partial charge in [-0.15, -0.1) is 0 Å². The van der Waals surface area contributed by atoms with Crippen LogP contribution < -0.4 is 19.5 Å². The molecule has 3 rings (SSSR count). The summed E-state index contributed by atoms with van der Waals surface area (Å²) in [6, 6.07) is 6.18. The maximum atomic E-state index is 12.7. The zero-order valence-corrected chi connectivity index (χ0v) is 16.3. The summed E-state index contributed by atoms with van der Waals surface area (Å²) in [4.78, 5) is 23.8. The summed E-state index contributed by atoms with van der Waals surface area (Å²) in [6.07, 6.45) is 0. The summed E-state index contributed by atoms with van der Waals surface area (Å²) in [6.45, 7) is 1.60. The number of ether oxygens (including phenoxy) is 2. The Morgan fingerprint density at radius 1 is 1.07 bits per heavy atom. The van der Waals surface area contributed by atoms with Crippen molar-refractivity contribution in [1.82, 2.24) is 24.8 Å². The molecule has 0 aliphatic rings. The van der Waals surface area contributed by atoms with Crippen LogP contribution in [-0.4, -0.2) is 48.8 Å². The maximum absolute atomic E-state index is 12.7. The van der Waals surface area contributed by atoms with Crippen LogP contribution in [0.4, 0.5) is 10.7 Å². The zero-order chi connectivity index (χ0) is 21.0. The van der Waals surface area contributed by atoms with Gasteiger partial charge in [-0.3, -0.25) is 5.32 Å². The molecule has 0 bridgehead atoms. The lowest BCUT2D eigenvalue weighted by atomic mass is 10.2. The molecule has 0 saturated carbocycles. The minimum absolute atomic E-state index is 0.00440. The second-order valence-corrected chi connectivity index (χ2v) is 7.13. The lowest BCUT2D eigenvalue weighted by Crippen LogP contribution is -2.35. The van der Waals surface area contributed by atoms with Crippen LogP contribution in [-0.2, 0) is 10.0 Å². The van der Waals surface area contributed by atoms with E-state index in [1.807, 2.05) is 4.72 Å². The third-order valence-corrected chi connectivity index (χ3v) is 4.87. The van der Waals surface area contributed by atoms with Crippen molar-refractivity contribution in [2.24, 2.45) is 0 Å². The fourth-order valence-electron chi connectivity index (χ4n) is 2.26. The fourth-order valence-corrected chi connectivity index (χ4v) is 3.36. The lowest BCUT2D eigenvalue weighted by Gasteiger charge is -2.11. The Hall–Kier alpha value is -3.74. The monoisotopic (exact) mass is 420 g/mol. The van der Waals surface area contributed by atoms with E-state index >= 15 is 0 Å². The molecule has 1 aromatic carbocycles. The molecule has 13 heteroatoms. The molecule has 3 aromatic rings. The van der Waals surface area contributed by atoms with E-state index in [0.717, 1.165) is 0 Å². The number of rotatable bonds is 6. The largest absolute Gasteiger partial charge is 0.481 e. The smallest absolute Gasteiger partial charge is 0.335 e.